The summed E-state index contributed by atoms with van der Waals surface area (Å²) >= 11 is 0. The van der Waals surface area contributed by atoms with Crippen molar-refractivity contribution in [3.05, 3.63) is 185 Å². The molecule has 0 bridgehead atoms. The van der Waals surface area contributed by atoms with Crippen LogP contribution >= 0.6 is 0 Å². The number of benzene rings is 5. The topological polar surface area (TPSA) is 36.4 Å². The Morgan fingerprint density at radius 3 is 2.16 bits per heavy atom. The van der Waals surface area contributed by atoms with Crippen LogP contribution in [0.2, 0.25) is 0 Å². The largest absolute Gasteiger partial charge is 0.350 e. The predicted molar refractivity (Wildman–Crippen MR) is 237 cm³/mol. The molecule has 1 spiro atoms. The molecule has 3 heteroatoms. The summed E-state index contributed by atoms with van der Waals surface area (Å²) in [6, 6.07) is 41.5. The maximum Gasteiger partial charge on any atom is 0.131 e. The van der Waals surface area contributed by atoms with Gasteiger partial charge in [-0.05, 0) is 140 Å². The van der Waals surface area contributed by atoms with Gasteiger partial charge in [0.05, 0.1) is 0 Å². The van der Waals surface area contributed by atoms with Crippen molar-refractivity contribution in [3.63, 3.8) is 0 Å². The minimum Gasteiger partial charge on any atom is -0.350 e. The molecule has 1 heterocycles. The van der Waals surface area contributed by atoms with Crippen molar-refractivity contribution in [1.82, 2.24) is 10.6 Å². The quantitative estimate of drug-likeness (QED) is 0.188. The van der Waals surface area contributed by atoms with Crippen LogP contribution in [0.1, 0.15) is 105 Å². The fourth-order valence-corrected chi connectivity index (χ4v) is 11.3. The summed E-state index contributed by atoms with van der Waals surface area (Å²) in [4.78, 5) is 5.17. The van der Waals surface area contributed by atoms with Gasteiger partial charge >= 0.3 is 0 Å². The molecule has 6 aliphatic rings. The fourth-order valence-electron chi connectivity index (χ4n) is 11.3. The zero-order valence-electron chi connectivity index (χ0n) is 33.2. The van der Waals surface area contributed by atoms with Crippen LogP contribution in [0, 0.1) is 5.92 Å². The number of amidine groups is 1. The van der Waals surface area contributed by atoms with E-state index in [1.54, 1.807) is 22.3 Å². The molecule has 5 aromatic rings. The molecule has 11 rings (SSSR count). The Labute approximate surface area is 338 Å². The highest BCUT2D eigenvalue weighted by Crippen LogP contribution is 2.61. The maximum absolute atomic E-state index is 5.17. The second-order valence-corrected chi connectivity index (χ2v) is 17.8. The van der Waals surface area contributed by atoms with Gasteiger partial charge in [0, 0.05) is 11.0 Å². The van der Waals surface area contributed by atoms with Gasteiger partial charge in [-0.1, -0.05) is 154 Å². The zero-order chi connectivity index (χ0) is 38.1. The first kappa shape index (κ1) is 34.7. The minimum absolute atomic E-state index is 0.0775. The van der Waals surface area contributed by atoms with E-state index in [9.17, 15) is 0 Å². The summed E-state index contributed by atoms with van der Waals surface area (Å²) in [5, 5.41) is 7.59. The van der Waals surface area contributed by atoms with Gasteiger partial charge in [-0.2, -0.15) is 0 Å². The third kappa shape index (κ3) is 5.69. The Balaban J connectivity index is 0.951. The first-order chi connectivity index (χ1) is 28.0. The van der Waals surface area contributed by atoms with E-state index in [0.717, 1.165) is 30.7 Å². The van der Waals surface area contributed by atoms with Gasteiger partial charge in [0.1, 0.15) is 18.2 Å². The molecule has 3 unspecified atom stereocenters. The average Bonchev–Trinajstić information content (AvgIpc) is 3.66. The van der Waals surface area contributed by atoms with Crippen molar-refractivity contribution in [1.29, 1.82) is 0 Å². The normalized spacial score (nSPS) is 23.4. The number of nitrogens with zero attached hydrogens (tertiary/aromatic N) is 1. The summed E-state index contributed by atoms with van der Waals surface area (Å²) in [6.45, 7) is 4.98. The molecule has 1 aliphatic heterocycles. The lowest BCUT2D eigenvalue weighted by Crippen LogP contribution is -2.49. The standard InChI is InChI=1S/C54H51N3/c1-53(2)46-25-11-10-24-42(46)44-33-45-43-32-40(26-27-47(43)54(28-12-5-13-29-54)49(45)34-48(44)53)38-21-14-20-37(30-38)39-22-15-23-41(31-39)52-56-50(35-16-6-3-7-17-35)55-51(57-52)36-18-8-4-9-19-36/h3-4,6-8,10-11,14-18,20-24,26-27,30-34,46,51-52,57H,5,9,12-13,19,25,28-29H2,1-2H3,(H,55,56). The SMILES string of the molecule is CC1(C)c2cc3c(cc2C2=CC=CCC21)-c1cc(-c2cccc(-c4cccc(C5NC(c6ccccc6)=NC(C6=CC=CCC6)N5)c4)c2)ccc1C31CCCCC1. The molecule has 5 aliphatic carbocycles. The molecule has 0 saturated heterocycles. The van der Waals surface area contributed by atoms with E-state index in [1.807, 2.05) is 0 Å². The highest BCUT2D eigenvalue weighted by Gasteiger charge is 2.48. The lowest BCUT2D eigenvalue weighted by molar-refractivity contribution is 0.351. The van der Waals surface area contributed by atoms with Crippen LogP contribution in [0.5, 0.6) is 0 Å². The van der Waals surface area contributed by atoms with Gasteiger partial charge in [0.15, 0.2) is 0 Å². The monoisotopic (exact) mass is 741 g/mol. The molecule has 3 nitrogen and oxygen atoms in total. The molecule has 0 aromatic heterocycles. The lowest BCUT2D eigenvalue weighted by atomic mass is 9.67. The van der Waals surface area contributed by atoms with Crippen molar-refractivity contribution >= 4 is 11.4 Å². The first-order valence-electron chi connectivity index (χ1n) is 21.4. The van der Waals surface area contributed by atoms with Crippen molar-refractivity contribution in [2.75, 3.05) is 0 Å². The Hall–Kier alpha value is -5.51. The smallest absolute Gasteiger partial charge is 0.131 e. The Morgan fingerprint density at radius 2 is 1.35 bits per heavy atom. The minimum atomic E-state index is -0.0794. The van der Waals surface area contributed by atoms with Crippen LogP contribution in [0.25, 0.3) is 39.0 Å². The van der Waals surface area contributed by atoms with E-state index in [4.69, 9.17) is 4.99 Å². The summed E-state index contributed by atoms with van der Waals surface area (Å²) in [7, 11) is 0. The third-order valence-corrected chi connectivity index (χ3v) is 14.3. The van der Waals surface area contributed by atoms with Gasteiger partial charge in [-0.15, -0.1) is 0 Å². The summed E-state index contributed by atoms with van der Waals surface area (Å²) in [6.07, 6.45) is 23.2. The summed E-state index contributed by atoms with van der Waals surface area (Å²) in [5.41, 5.74) is 19.6. The number of nitrogens with one attached hydrogen (secondary N) is 2. The number of allylic oxidation sites excluding steroid dienone is 7. The van der Waals surface area contributed by atoms with E-state index in [0.29, 0.717) is 5.92 Å². The van der Waals surface area contributed by atoms with Gasteiger partial charge in [0.25, 0.3) is 0 Å². The van der Waals surface area contributed by atoms with Crippen LogP contribution in [0.3, 0.4) is 0 Å². The van der Waals surface area contributed by atoms with E-state index < -0.39 is 0 Å². The van der Waals surface area contributed by atoms with Crippen LogP contribution < -0.4 is 10.6 Å². The van der Waals surface area contributed by atoms with Gasteiger partial charge in [-0.25, -0.2) is 4.99 Å². The van der Waals surface area contributed by atoms with Crippen molar-refractivity contribution in [3.8, 4) is 33.4 Å². The Kier molecular flexibility index (Phi) is 8.26. The van der Waals surface area contributed by atoms with Gasteiger partial charge < -0.3 is 5.32 Å². The van der Waals surface area contributed by atoms with Crippen molar-refractivity contribution in [2.45, 2.75) is 88.4 Å². The van der Waals surface area contributed by atoms with E-state index in [1.165, 1.54) is 82.2 Å². The number of aliphatic imine (C=N–C) groups is 1. The van der Waals surface area contributed by atoms with Crippen molar-refractivity contribution in [2.24, 2.45) is 10.9 Å². The number of rotatable bonds is 5. The maximum atomic E-state index is 5.17. The molecule has 57 heavy (non-hydrogen) atoms. The summed E-state index contributed by atoms with van der Waals surface area (Å²) in [5.74, 6) is 1.49. The molecule has 0 amide bonds. The van der Waals surface area contributed by atoms with E-state index in [2.05, 4.69) is 170 Å². The summed E-state index contributed by atoms with van der Waals surface area (Å²) < 4.78 is 0. The molecule has 1 fully saturated rings. The number of hydrogen-bond acceptors (Lipinski definition) is 3. The third-order valence-electron chi connectivity index (χ3n) is 14.3. The zero-order valence-corrected chi connectivity index (χ0v) is 33.2. The van der Waals surface area contributed by atoms with E-state index in [-0.39, 0.29) is 23.2 Å². The second-order valence-electron chi connectivity index (χ2n) is 17.8. The van der Waals surface area contributed by atoms with Gasteiger partial charge in [-0.3, -0.25) is 5.32 Å². The lowest BCUT2D eigenvalue weighted by Gasteiger charge is -2.37. The van der Waals surface area contributed by atoms with Crippen LogP contribution in [0.4, 0.5) is 0 Å². The van der Waals surface area contributed by atoms with Crippen LogP contribution in [-0.4, -0.2) is 12.0 Å². The molecule has 5 aromatic carbocycles. The molecule has 1 saturated carbocycles. The van der Waals surface area contributed by atoms with Crippen LogP contribution in [0.15, 0.2) is 156 Å². The average molecular weight is 742 g/mol. The predicted octanol–water partition coefficient (Wildman–Crippen LogP) is 12.7. The van der Waals surface area contributed by atoms with Crippen molar-refractivity contribution < 1.29 is 0 Å². The molecular weight excluding hydrogens is 691 g/mol. The highest BCUT2D eigenvalue weighted by molar-refractivity contribution is 5.99. The molecular formula is C54H51N3. The number of fused-ring (bicyclic) bond motifs is 8. The Bertz CT molecular complexity index is 2570. The molecule has 3 atom stereocenters. The van der Waals surface area contributed by atoms with E-state index >= 15 is 0 Å². The first-order valence-corrected chi connectivity index (χ1v) is 21.4. The van der Waals surface area contributed by atoms with Crippen LogP contribution in [-0.2, 0) is 10.8 Å². The molecule has 282 valence electrons. The fraction of sp³-hybridized carbons (Fsp3) is 0.278. The van der Waals surface area contributed by atoms with Gasteiger partial charge in [0.2, 0.25) is 0 Å². The second kappa shape index (κ2) is 13.6. The molecule has 0 radical (unpaired) electrons. The molecule has 2 N–H and O–H groups in total. The highest BCUT2D eigenvalue weighted by atomic mass is 15.3. The number of hydrogen-bond donors (Lipinski definition) is 2. The Morgan fingerprint density at radius 1 is 0.614 bits per heavy atom.